The maximum Gasteiger partial charge on any atom is 0.123 e. The number of hydrogen-bond acceptors (Lipinski definition) is 2. The first-order valence-corrected chi connectivity index (χ1v) is 6.37. The fourth-order valence-electron chi connectivity index (χ4n) is 1.86. The Kier molecular flexibility index (Phi) is 4.25. The van der Waals surface area contributed by atoms with Gasteiger partial charge in [-0.25, -0.2) is 4.39 Å². The van der Waals surface area contributed by atoms with Gasteiger partial charge in [-0.1, -0.05) is 17.7 Å². The van der Waals surface area contributed by atoms with Gasteiger partial charge in [0.2, 0.25) is 0 Å². The second kappa shape index (κ2) is 5.92. The van der Waals surface area contributed by atoms with Crippen molar-refractivity contribution in [3.63, 3.8) is 0 Å². The maximum absolute atomic E-state index is 13.2. The van der Waals surface area contributed by atoms with Crippen LogP contribution < -0.4 is 10.5 Å². The summed E-state index contributed by atoms with van der Waals surface area (Å²) in [6.45, 7) is 2.09. The molecule has 0 heterocycles. The van der Waals surface area contributed by atoms with Crippen LogP contribution in [0.4, 0.5) is 4.39 Å². The van der Waals surface area contributed by atoms with Gasteiger partial charge in [0.25, 0.3) is 0 Å². The van der Waals surface area contributed by atoms with Crippen LogP contribution in [0.3, 0.4) is 0 Å². The Balaban J connectivity index is 2.20. The van der Waals surface area contributed by atoms with Crippen LogP contribution in [0.2, 0.25) is 5.02 Å². The van der Waals surface area contributed by atoms with Crippen LogP contribution in [0.15, 0.2) is 36.4 Å². The molecule has 0 atom stereocenters. The maximum atomic E-state index is 13.2. The number of hydrogen-bond donors (Lipinski definition) is 2. The number of nitrogens with two attached hydrogens (primary N) is 1. The van der Waals surface area contributed by atoms with Crippen molar-refractivity contribution in [2.45, 2.75) is 13.5 Å². The van der Waals surface area contributed by atoms with Crippen molar-refractivity contribution in [3.8, 4) is 5.75 Å². The number of nitrogen functional groups attached to an aromatic ring is 1. The molecule has 0 radical (unpaired) electrons. The van der Waals surface area contributed by atoms with Crippen LogP contribution in [0.1, 0.15) is 16.7 Å². The van der Waals surface area contributed by atoms with Gasteiger partial charge in [-0.2, -0.15) is 0 Å². The Hall–Kier alpha value is -2.07. The third-order valence-corrected chi connectivity index (χ3v) is 3.12. The van der Waals surface area contributed by atoms with Crippen molar-refractivity contribution in [1.82, 2.24) is 0 Å². The average Bonchev–Trinajstić information content (AvgIpc) is 2.38. The number of rotatable bonds is 4. The van der Waals surface area contributed by atoms with Crippen molar-refractivity contribution >= 4 is 17.4 Å². The summed E-state index contributed by atoms with van der Waals surface area (Å²) in [6, 6.07) is 9.43. The monoisotopic (exact) mass is 292 g/mol. The van der Waals surface area contributed by atoms with Crippen LogP contribution in [-0.4, -0.2) is 5.84 Å². The molecule has 0 aliphatic rings. The van der Waals surface area contributed by atoms with Crippen LogP contribution in [0.5, 0.6) is 5.75 Å². The molecule has 0 fully saturated rings. The molecule has 0 bridgehead atoms. The Morgan fingerprint density at radius 3 is 2.70 bits per heavy atom. The molecule has 0 aliphatic heterocycles. The minimum Gasteiger partial charge on any atom is -0.489 e. The Morgan fingerprint density at radius 2 is 2.05 bits per heavy atom. The fourth-order valence-corrected chi connectivity index (χ4v) is 2.08. The molecule has 2 aromatic carbocycles. The van der Waals surface area contributed by atoms with Crippen LogP contribution in [0.25, 0.3) is 0 Å². The standard InChI is InChI=1S/C15H14ClFN2O/c1-9-6-11(16)3-5-14(9)20-8-10-2-4-12(17)7-13(10)15(18)19/h2-7H,8H2,1H3,(H3,18,19). The Labute approximate surface area is 121 Å². The molecular weight excluding hydrogens is 279 g/mol. The summed E-state index contributed by atoms with van der Waals surface area (Å²) in [7, 11) is 0. The zero-order chi connectivity index (χ0) is 14.7. The first-order chi connectivity index (χ1) is 9.47. The van der Waals surface area contributed by atoms with Gasteiger partial charge in [0.05, 0.1) is 0 Å². The number of amidine groups is 1. The summed E-state index contributed by atoms with van der Waals surface area (Å²) in [4.78, 5) is 0. The number of ether oxygens (including phenoxy) is 1. The summed E-state index contributed by atoms with van der Waals surface area (Å²) in [6.07, 6.45) is 0. The molecule has 20 heavy (non-hydrogen) atoms. The van der Waals surface area contributed by atoms with Crippen LogP contribution >= 0.6 is 11.6 Å². The van der Waals surface area contributed by atoms with Crippen molar-refractivity contribution in [3.05, 3.63) is 63.9 Å². The molecule has 2 aromatic rings. The number of aryl methyl sites for hydroxylation is 1. The van der Waals surface area contributed by atoms with E-state index in [1.165, 1.54) is 12.1 Å². The van der Waals surface area contributed by atoms with Crippen molar-refractivity contribution in [2.24, 2.45) is 5.73 Å². The van der Waals surface area contributed by atoms with E-state index in [0.29, 0.717) is 21.9 Å². The predicted molar refractivity (Wildman–Crippen MR) is 77.9 cm³/mol. The molecule has 104 valence electrons. The van der Waals surface area contributed by atoms with E-state index in [2.05, 4.69) is 0 Å². The van der Waals surface area contributed by atoms with E-state index in [4.69, 9.17) is 27.5 Å². The topological polar surface area (TPSA) is 59.1 Å². The molecular formula is C15H14ClFN2O. The quantitative estimate of drug-likeness (QED) is 0.667. The van der Waals surface area contributed by atoms with E-state index in [1.54, 1.807) is 24.3 Å². The van der Waals surface area contributed by atoms with E-state index in [0.717, 1.165) is 5.56 Å². The van der Waals surface area contributed by atoms with E-state index in [1.807, 2.05) is 6.92 Å². The highest BCUT2D eigenvalue weighted by Gasteiger charge is 2.09. The minimum atomic E-state index is -0.429. The van der Waals surface area contributed by atoms with Gasteiger partial charge in [-0.05, 0) is 42.8 Å². The highest BCUT2D eigenvalue weighted by Crippen LogP contribution is 2.23. The van der Waals surface area contributed by atoms with E-state index in [-0.39, 0.29) is 12.4 Å². The molecule has 0 spiro atoms. The zero-order valence-corrected chi connectivity index (χ0v) is 11.7. The number of nitrogens with one attached hydrogen (secondary N) is 1. The summed E-state index contributed by atoms with van der Waals surface area (Å²) in [5, 5.41) is 8.10. The molecule has 2 rings (SSSR count). The van der Waals surface area contributed by atoms with Gasteiger partial charge in [0.15, 0.2) is 0 Å². The molecule has 3 N–H and O–H groups in total. The first kappa shape index (κ1) is 14.3. The largest absolute Gasteiger partial charge is 0.489 e. The summed E-state index contributed by atoms with van der Waals surface area (Å²) < 4.78 is 18.8. The third-order valence-electron chi connectivity index (χ3n) is 2.88. The van der Waals surface area contributed by atoms with Gasteiger partial charge in [-0.15, -0.1) is 0 Å². The summed E-state index contributed by atoms with van der Waals surface area (Å²) in [5.74, 6) is 0.0748. The molecule has 3 nitrogen and oxygen atoms in total. The van der Waals surface area contributed by atoms with Gasteiger partial charge >= 0.3 is 0 Å². The smallest absolute Gasteiger partial charge is 0.123 e. The van der Waals surface area contributed by atoms with Crippen molar-refractivity contribution < 1.29 is 9.13 Å². The fraction of sp³-hybridized carbons (Fsp3) is 0.133. The number of benzene rings is 2. The lowest BCUT2D eigenvalue weighted by Gasteiger charge is -2.12. The minimum absolute atomic E-state index is 0.184. The zero-order valence-electron chi connectivity index (χ0n) is 10.9. The average molecular weight is 293 g/mol. The van der Waals surface area contributed by atoms with E-state index in [9.17, 15) is 4.39 Å². The van der Waals surface area contributed by atoms with Crippen LogP contribution in [0, 0.1) is 18.2 Å². The van der Waals surface area contributed by atoms with Gasteiger partial charge in [0, 0.05) is 16.1 Å². The SMILES string of the molecule is Cc1cc(Cl)ccc1OCc1ccc(F)cc1C(=N)N. The van der Waals surface area contributed by atoms with E-state index < -0.39 is 5.82 Å². The predicted octanol–water partition coefficient (Wildman–Crippen LogP) is 3.65. The van der Waals surface area contributed by atoms with Crippen LogP contribution in [-0.2, 0) is 6.61 Å². The summed E-state index contributed by atoms with van der Waals surface area (Å²) in [5.41, 5.74) is 7.36. The van der Waals surface area contributed by atoms with Gasteiger partial charge in [-0.3, -0.25) is 5.41 Å². The molecule has 0 saturated heterocycles. The Morgan fingerprint density at radius 1 is 1.30 bits per heavy atom. The molecule has 5 heteroatoms. The normalized spacial score (nSPS) is 10.3. The highest BCUT2D eigenvalue weighted by molar-refractivity contribution is 6.30. The molecule has 0 saturated carbocycles. The molecule has 0 aliphatic carbocycles. The second-order valence-corrected chi connectivity index (χ2v) is 4.85. The molecule has 0 amide bonds. The molecule has 0 aromatic heterocycles. The second-order valence-electron chi connectivity index (χ2n) is 4.41. The lowest BCUT2D eigenvalue weighted by Crippen LogP contribution is -2.15. The summed E-state index contributed by atoms with van der Waals surface area (Å²) >= 11 is 5.88. The Bertz CT molecular complexity index is 658. The molecule has 0 unspecified atom stereocenters. The third kappa shape index (κ3) is 3.27. The van der Waals surface area contributed by atoms with E-state index >= 15 is 0 Å². The first-order valence-electron chi connectivity index (χ1n) is 5.99. The highest BCUT2D eigenvalue weighted by atomic mass is 35.5. The van der Waals surface area contributed by atoms with Crippen molar-refractivity contribution in [2.75, 3.05) is 0 Å². The lowest BCUT2D eigenvalue weighted by atomic mass is 10.1. The van der Waals surface area contributed by atoms with Crippen molar-refractivity contribution in [1.29, 1.82) is 5.41 Å². The number of halogens is 2. The van der Waals surface area contributed by atoms with Gasteiger partial charge < -0.3 is 10.5 Å². The van der Waals surface area contributed by atoms with Gasteiger partial charge in [0.1, 0.15) is 24.0 Å². The lowest BCUT2D eigenvalue weighted by molar-refractivity contribution is 0.303.